The highest BCUT2D eigenvalue weighted by molar-refractivity contribution is 8.13. The summed E-state index contributed by atoms with van der Waals surface area (Å²) >= 11 is 1.23. The van der Waals surface area contributed by atoms with Crippen molar-refractivity contribution in [2.24, 2.45) is 0 Å². The first kappa shape index (κ1) is 14.8. The Labute approximate surface area is 109 Å². The Balaban J connectivity index is 2.31. The Bertz CT molecular complexity index is 336. The standard InChI is InChI=1S/C10H16N2O5S/c1-17-6-7(9(14)15)11-8(13)2-3-12-4-5-18-10(12)16/h7H,2-6H2,1H3,(H,11,13)(H,14,15). The SMILES string of the molecule is COCC(NC(=O)CCN1CCSC1=O)C(=O)O. The van der Waals surface area contributed by atoms with E-state index in [0.717, 1.165) is 5.75 Å². The number of thioether (sulfide) groups is 1. The number of amides is 2. The molecule has 1 aliphatic rings. The van der Waals surface area contributed by atoms with Gasteiger partial charge in [0.1, 0.15) is 0 Å². The number of nitrogens with one attached hydrogen (secondary N) is 1. The van der Waals surface area contributed by atoms with Gasteiger partial charge in [-0.1, -0.05) is 11.8 Å². The fourth-order valence-corrected chi connectivity index (χ4v) is 2.32. The van der Waals surface area contributed by atoms with Crippen molar-refractivity contribution in [1.29, 1.82) is 0 Å². The van der Waals surface area contributed by atoms with Crippen LogP contribution in [0.4, 0.5) is 4.79 Å². The molecule has 1 heterocycles. The second kappa shape index (κ2) is 7.22. The maximum atomic E-state index is 11.5. The molecule has 0 aromatic rings. The molecule has 1 aliphatic heterocycles. The van der Waals surface area contributed by atoms with Gasteiger partial charge in [0.05, 0.1) is 6.61 Å². The van der Waals surface area contributed by atoms with Crippen LogP contribution in [0.15, 0.2) is 0 Å². The minimum Gasteiger partial charge on any atom is -0.480 e. The smallest absolute Gasteiger partial charge is 0.328 e. The molecule has 0 radical (unpaired) electrons. The maximum Gasteiger partial charge on any atom is 0.328 e. The van der Waals surface area contributed by atoms with Crippen molar-refractivity contribution in [3.8, 4) is 0 Å². The topological polar surface area (TPSA) is 95.9 Å². The molecule has 7 nitrogen and oxygen atoms in total. The van der Waals surface area contributed by atoms with Crippen LogP contribution in [-0.2, 0) is 14.3 Å². The summed E-state index contributed by atoms with van der Waals surface area (Å²) in [6, 6.07) is -1.05. The summed E-state index contributed by atoms with van der Waals surface area (Å²) < 4.78 is 4.70. The number of carbonyl (C=O) groups is 3. The molecule has 18 heavy (non-hydrogen) atoms. The van der Waals surface area contributed by atoms with Crippen LogP contribution in [0, 0.1) is 0 Å². The lowest BCUT2D eigenvalue weighted by Crippen LogP contribution is -2.44. The van der Waals surface area contributed by atoms with Gasteiger partial charge in [-0.15, -0.1) is 0 Å². The number of rotatable bonds is 7. The zero-order chi connectivity index (χ0) is 13.5. The van der Waals surface area contributed by atoms with E-state index in [1.165, 1.54) is 18.9 Å². The van der Waals surface area contributed by atoms with Gasteiger partial charge in [0, 0.05) is 32.4 Å². The highest BCUT2D eigenvalue weighted by atomic mass is 32.2. The first-order valence-electron chi connectivity index (χ1n) is 5.47. The molecule has 0 aliphatic carbocycles. The Morgan fingerprint density at radius 1 is 1.61 bits per heavy atom. The number of aliphatic carboxylic acids is 1. The van der Waals surface area contributed by atoms with E-state index in [4.69, 9.17) is 9.84 Å². The van der Waals surface area contributed by atoms with Crippen LogP contribution in [0.5, 0.6) is 0 Å². The lowest BCUT2D eigenvalue weighted by Gasteiger charge is -2.16. The van der Waals surface area contributed by atoms with Crippen molar-refractivity contribution in [3.63, 3.8) is 0 Å². The Morgan fingerprint density at radius 3 is 2.83 bits per heavy atom. The first-order chi connectivity index (χ1) is 8.54. The number of carboxylic acid groups (broad SMARTS) is 1. The van der Waals surface area contributed by atoms with Crippen molar-refractivity contribution in [2.45, 2.75) is 12.5 Å². The van der Waals surface area contributed by atoms with E-state index in [-0.39, 0.29) is 18.3 Å². The Morgan fingerprint density at radius 2 is 2.33 bits per heavy atom. The maximum absolute atomic E-state index is 11.5. The second-order valence-corrected chi connectivity index (χ2v) is 4.81. The third-order valence-electron chi connectivity index (χ3n) is 2.42. The molecule has 0 aromatic carbocycles. The van der Waals surface area contributed by atoms with Gasteiger partial charge in [-0.3, -0.25) is 9.59 Å². The Hall–Kier alpha value is -1.28. The molecule has 1 unspecified atom stereocenters. The van der Waals surface area contributed by atoms with Crippen LogP contribution in [0.25, 0.3) is 0 Å². The largest absolute Gasteiger partial charge is 0.480 e. The molecule has 0 spiro atoms. The zero-order valence-corrected chi connectivity index (χ0v) is 10.9. The van der Waals surface area contributed by atoms with Crippen LogP contribution in [-0.4, -0.2) is 65.7 Å². The van der Waals surface area contributed by atoms with E-state index < -0.39 is 17.9 Å². The van der Waals surface area contributed by atoms with Gasteiger partial charge in [0.2, 0.25) is 5.91 Å². The van der Waals surface area contributed by atoms with Gasteiger partial charge in [-0.05, 0) is 0 Å². The molecule has 2 N–H and O–H groups in total. The fourth-order valence-electron chi connectivity index (χ4n) is 1.47. The molecular formula is C10H16N2O5S. The second-order valence-electron chi connectivity index (χ2n) is 3.77. The molecular weight excluding hydrogens is 260 g/mol. The summed E-state index contributed by atoms with van der Waals surface area (Å²) in [7, 11) is 1.36. The number of ether oxygens (including phenoxy) is 1. The number of carbonyl (C=O) groups excluding carboxylic acids is 2. The van der Waals surface area contributed by atoms with Gasteiger partial charge in [-0.25, -0.2) is 4.79 Å². The highest BCUT2D eigenvalue weighted by Crippen LogP contribution is 2.16. The van der Waals surface area contributed by atoms with E-state index in [9.17, 15) is 14.4 Å². The summed E-state index contributed by atoms with van der Waals surface area (Å²) in [5, 5.41) is 11.1. The van der Waals surface area contributed by atoms with Crippen molar-refractivity contribution < 1.29 is 24.2 Å². The predicted molar refractivity (Wildman–Crippen MR) is 65.5 cm³/mol. The molecule has 102 valence electrons. The molecule has 1 rings (SSSR count). The van der Waals surface area contributed by atoms with Gasteiger partial charge < -0.3 is 20.1 Å². The van der Waals surface area contributed by atoms with E-state index in [1.54, 1.807) is 4.90 Å². The highest BCUT2D eigenvalue weighted by Gasteiger charge is 2.23. The van der Waals surface area contributed by atoms with Gasteiger partial charge in [0.25, 0.3) is 5.24 Å². The zero-order valence-electron chi connectivity index (χ0n) is 10.0. The molecule has 2 amide bonds. The van der Waals surface area contributed by atoms with E-state index >= 15 is 0 Å². The summed E-state index contributed by atoms with van der Waals surface area (Å²) in [6.07, 6.45) is 0.0970. The van der Waals surface area contributed by atoms with Gasteiger partial charge in [-0.2, -0.15) is 0 Å². The van der Waals surface area contributed by atoms with Crippen LogP contribution in [0.3, 0.4) is 0 Å². The van der Waals surface area contributed by atoms with Crippen molar-refractivity contribution in [3.05, 3.63) is 0 Å². The lowest BCUT2D eigenvalue weighted by molar-refractivity contribution is -0.143. The average Bonchev–Trinajstić information content (AvgIpc) is 2.71. The van der Waals surface area contributed by atoms with Gasteiger partial charge >= 0.3 is 5.97 Å². The van der Waals surface area contributed by atoms with Crippen molar-refractivity contribution >= 4 is 28.9 Å². The molecule has 0 aromatic heterocycles. The molecule has 0 saturated carbocycles. The molecule has 1 saturated heterocycles. The minimum absolute atomic E-state index is 0.0329. The molecule has 1 fully saturated rings. The summed E-state index contributed by atoms with van der Waals surface area (Å²) in [5.74, 6) is -0.802. The van der Waals surface area contributed by atoms with Crippen LogP contribution >= 0.6 is 11.8 Å². The normalized spacial score (nSPS) is 16.7. The third-order valence-corrected chi connectivity index (χ3v) is 3.31. The summed E-state index contributed by atoms with van der Waals surface area (Å²) in [4.78, 5) is 35.1. The number of nitrogens with zero attached hydrogens (tertiary/aromatic N) is 1. The number of carboxylic acids is 1. The number of hydrogen-bond donors (Lipinski definition) is 2. The van der Waals surface area contributed by atoms with Crippen LogP contribution in [0.1, 0.15) is 6.42 Å². The van der Waals surface area contributed by atoms with Crippen LogP contribution in [0.2, 0.25) is 0 Å². The molecule has 1 atom stereocenters. The van der Waals surface area contributed by atoms with Crippen LogP contribution < -0.4 is 5.32 Å². The van der Waals surface area contributed by atoms with E-state index in [1.807, 2.05) is 0 Å². The quantitative estimate of drug-likeness (QED) is 0.666. The van der Waals surface area contributed by atoms with E-state index in [2.05, 4.69) is 5.32 Å². The monoisotopic (exact) mass is 276 g/mol. The average molecular weight is 276 g/mol. The fraction of sp³-hybridized carbons (Fsp3) is 0.700. The third kappa shape index (κ3) is 4.53. The van der Waals surface area contributed by atoms with Crippen molar-refractivity contribution in [1.82, 2.24) is 10.2 Å². The lowest BCUT2D eigenvalue weighted by atomic mass is 10.3. The number of hydrogen-bond acceptors (Lipinski definition) is 5. The van der Waals surface area contributed by atoms with Crippen molar-refractivity contribution in [2.75, 3.05) is 32.6 Å². The summed E-state index contributed by atoms with van der Waals surface area (Å²) in [5.41, 5.74) is 0. The molecule has 0 bridgehead atoms. The first-order valence-corrected chi connectivity index (χ1v) is 6.46. The Kier molecular flexibility index (Phi) is 5.93. The summed E-state index contributed by atoms with van der Waals surface area (Å²) in [6.45, 7) is 0.869. The minimum atomic E-state index is -1.14. The van der Waals surface area contributed by atoms with E-state index in [0.29, 0.717) is 13.1 Å². The molecule has 8 heteroatoms. The van der Waals surface area contributed by atoms with Gasteiger partial charge in [0.15, 0.2) is 6.04 Å². The predicted octanol–water partition coefficient (Wildman–Crippen LogP) is -0.239. The number of methoxy groups -OCH3 is 1.